The van der Waals surface area contributed by atoms with Gasteiger partial charge in [-0.15, -0.1) is 11.8 Å². The summed E-state index contributed by atoms with van der Waals surface area (Å²) < 4.78 is 10.1. The Morgan fingerprint density at radius 1 is 1.28 bits per heavy atom. The van der Waals surface area contributed by atoms with Gasteiger partial charge in [0.25, 0.3) is 5.91 Å². The normalized spacial score (nSPS) is 11.8. The van der Waals surface area contributed by atoms with E-state index in [1.54, 1.807) is 0 Å². The summed E-state index contributed by atoms with van der Waals surface area (Å²) in [5.74, 6) is 0.811. The summed E-state index contributed by atoms with van der Waals surface area (Å²) in [4.78, 5) is 23.6. The monoisotopic (exact) mass is 362 g/mol. The van der Waals surface area contributed by atoms with Crippen LogP contribution in [0.4, 0.5) is 0 Å². The zero-order valence-electron chi connectivity index (χ0n) is 14.6. The lowest BCUT2D eigenvalue weighted by Gasteiger charge is -2.14. The molecule has 6 nitrogen and oxygen atoms in total. The van der Waals surface area contributed by atoms with Crippen molar-refractivity contribution >= 4 is 23.6 Å². The number of nitrogens with zero attached hydrogens (tertiary/aromatic N) is 1. The van der Waals surface area contributed by atoms with Gasteiger partial charge in [-0.25, -0.2) is 0 Å². The molecule has 0 fully saturated rings. The number of carbonyl (C=O) groups excluding carboxylic acids is 2. The lowest BCUT2D eigenvalue weighted by Crippen LogP contribution is -2.31. The van der Waals surface area contributed by atoms with Gasteiger partial charge in [-0.05, 0) is 26.3 Å². The molecule has 2 rings (SSSR count). The highest BCUT2D eigenvalue weighted by atomic mass is 32.2. The van der Waals surface area contributed by atoms with Crippen LogP contribution in [0.25, 0.3) is 0 Å². The summed E-state index contributed by atoms with van der Waals surface area (Å²) in [6, 6.07) is 9.47. The molecule has 1 aromatic carbocycles. The van der Waals surface area contributed by atoms with E-state index in [-0.39, 0.29) is 24.3 Å². The van der Waals surface area contributed by atoms with Crippen molar-refractivity contribution < 1.29 is 18.8 Å². The van der Waals surface area contributed by atoms with Crippen LogP contribution in [-0.4, -0.2) is 29.4 Å². The first-order valence-electron chi connectivity index (χ1n) is 7.96. The SMILES string of the molecule is Cc1noc(C)c1CSCC(=O)OCC(=O)N[C@@H](C)c1ccccc1. The quantitative estimate of drug-likeness (QED) is 0.727. The summed E-state index contributed by atoms with van der Waals surface area (Å²) in [6.45, 7) is 5.31. The van der Waals surface area contributed by atoms with Crippen LogP contribution < -0.4 is 5.32 Å². The minimum absolute atomic E-state index is 0.138. The second-order valence-corrected chi connectivity index (χ2v) is 6.64. The third-order valence-electron chi connectivity index (χ3n) is 3.69. The highest BCUT2D eigenvalue weighted by Gasteiger charge is 2.13. The summed E-state index contributed by atoms with van der Waals surface area (Å²) in [7, 11) is 0. The van der Waals surface area contributed by atoms with Gasteiger partial charge in [-0.3, -0.25) is 9.59 Å². The molecule has 0 unspecified atom stereocenters. The van der Waals surface area contributed by atoms with E-state index in [0.29, 0.717) is 5.75 Å². The Morgan fingerprint density at radius 2 is 2.00 bits per heavy atom. The Labute approximate surface area is 151 Å². The van der Waals surface area contributed by atoms with Crippen molar-refractivity contribution in [1.82, 2.24) is 10.5 Å². The minimum atomic E-state index is -0.417. The first kappa shape index (κ1) is 19.1. The van der Waals surface area contributed by atoms with Gasteiger partial charge in [0, 0.05) is 11.3 Å². The fourth-order valence-electron chi connectivity index (χ4n) is 2.24. The molecule has 0 saturated heterocycles. The number of aromatic nitrogens is 1. The summed E-state index contributed by atoms with van der Waals surface area (Å²) in [5, 5.41) is 6.67. The maximum absolute atomic E-state index is 11.9. The largest absolute Gasteiger partial charge is 0.455 e. The van der Waals surface area contributed by atoms with Crippen LogP contribution in [0.1, 0.15) is 35.5 Å². The van der Waals surface area contributed by atoms with Gasteiger partial charge < -0.3 is 14.6 Å². The highest BCUT2D eigenvalue weighted by molar-refractivity contribution is 7.99. The number of ether oxygens (including phenoxy) is 1. The fraction of sp³-hybridized carbons (Fsp3) is 0.389. The van der Waals surface area contributed by atoms with Crippen molar-refractivity contribution in [3.8, 4) is 0 Å². The molecular weight excluding hydrogens is 340 g/mol. The Kier molecular flexibility index (Phi) is 7.06. The molecule has 0 aliphatic heterocycles. The molecule has 2 aromatic rings. The van der Waals surface area contributed by atoms with Crippen LogP contribution in [0, 0.1) is 13.8 Å². The number of rotatable bonds is 8. The molecule has 0 spiro atoms. The molecule has 1 aromatic heterocycles. The van der Waals surface area contributed by atoms with E-state index >= 15 is 0 Å². The number of amides is 1. The Bertz CT molecular complexity index is 696. The van der Waals surface area contributed by atoms with Gasteiger partial charge in [0.2, 0.25) is 0 Å². The van der Waals surface area contributed by atoms with E-state index in [9.17, 15) is 9.59 Å². The van der Waals surface area contributed by atoms with Crippen molar-refractivity contribution in [3.05, 3.63) is 52.9 Å². The van der Waals surface area contributed by atoms with Crippen LogP contribution >= 0.6 is 11.8 Å². The first-order chi connectivity index (χ1) is 12.0. The Hall–Kier alpha value is -2.28. The third-order valence-corrected chi connectivity index (χ3v) is 4.62. The van der Waals surface area contributed by atoms with Gasteiger partial charge in [0.05, 0.1) is 17.5 Å². The predicted molar refractivity (Wildman–Crippen MR) is 96.1 cm³/mol. The molecule has 134 valence electrons. The van der Waals surface area contributed by atoms with E-state index in [4.69, 9.17) is 9.26 Å². The Balaban J connectivity index is 1.66. The van der Waals surface area contributed by atoms with Crippen LogP contribution in [0.15, 0.2) is 34.9 Å². The zero-order valence-corrected chi connectivity index (χ0v) is 15.4. The summed E-state index contributed by atoms with van der Waals surface area (Å²) >= 11 is 1.40. The Morgan fingerprint density at radius 3 is 2.64 bits per heavy atom. The van der Waals surface area contributed by atoms with Crippen molar-refractivity contribution in [2.24, 2.45) is 0 Å². The number of hydrogen-bond donors (Lipinski definition) is 1. The molecule has 0 radical (unpaired) electrons. The van der Waals surface area contributed by atoms with Gasteiger partial charge >= 0.3 is 5.97 Å². The van der Waals surface area contributed by atoms with E-state index in [1.165, 1.54) is 11.8 Å². The number of carbonyl (C=O) groups is 2. The first-order valence-corrected chi connectivity index (χ1v) is 9.12. The average Bonchev–Trinajstić information content (AvgIpc) is 2.92. The van der Waals surface area contributed by atoms with Crippen molar-refractivity contribution in [2.45, 2.75) is 32.6 Å². The molecule has 7 heteroatoms. The molecule has 1 atom stereocenters. The number of hydrogen-bond acceptors (Lipinski definition) is 6. The number of benzene rings is 1. The van der Waals surface area contributed by atoms with Crippen molar-refractivity contribution in [2.75, 3.05) is 12.4 Å². The van der Waals surface area contributed by atoms with E-state index < -0.39 is 5.97 Å². The maximum Gasteiger partial charge on any atom is 0.316 e. The van der Waals surface area contributed by atoms with Gasteiger partial charge in [-0.1, -0.05) is 35.5 Å². The van der Waals surface area contributed by atoms with E-state index in [0.717, 1.165) is 22.6 Å². The lowest BCUT2D eigenvalue weighted by atomic mass is 10.1. The number of esters is 1. The topological polar surface area (TPSA) is 81.4 Å². The second kappa shape index (κ2) is 9.27. The molecule has 0 bridgehead atoms. The summed E-state index contributed by atoms with van der Waals surface area (Å²) in [6.07, 6.45) is 0. The molecular formula is C18H22N2O4S. The maximum atomic E-state index is 11.9. The van der Waals surface area contributed by atoms with Crippen LogP contribution in [0.2, 0.25) is 0 Å². The van der Waals surface area contributed by atoms with Crippen molar-refractivity contribution in [1.29, 1.82) is 0 Å². The number of thioether (sulfide) groups is 1. The van der Waals surface area contributed by atoms with Gasteiger partial charge in [0.15, 0.2) is 6.61 Å². The van der Waals surface area contributed by atoms with Crippen LogP contribution in [-0.2, 0) is 20.1 Å². The second-order valence-electron chi connectivity index (χ2n) is 5.66. The molecule has 1 amide bonds. The highest BCUT2D eigenvalue weighted by Crippen LogP contribution is 2.19. The molecule has 0 aliphatic carbocycles. The van der Waals surface area contributed by atoms with Crippen LogP contribution in [0.3, 0.4) is 0 Å². The lowest BCUT2D eigenvalue weighted by molar-refractivity contribution is -0.146. The van der Waals surface area contributed by atoms with Crippen molar-refractivity contribution in [3.63, 3.8) is 0 Å². The standard InChI is InChI=1S/C18H22N2O4S/c1-12(15-7-5-4-6-8-15)19-17(21)9-23-18(22)11-25-10-16-13(2)20-24-14(16)3/h4-8,12H,9-11H2,1-3H3,(H,19,21)/t12-/m0/s1. The smallest absolute Gasteiger partial charge is 0.316 e. The average molecular weight is 362 g/mol. The number of aryl methyl sites for hydroxylation is 2. The molecule has 0 saturated carbocycles. The molecule has 1 heterocycles. The zero-order chi connectivity index (χ0) is 18.2. The van der Waals surface area contributed by atoms with Crippen LogP contribution in [0.5, 0.6) is 0 Å². The predicted octanol–water partition coefficient (Wildman–Crippen LogP) is 2.95. The van der Waals surface area contributed by atoms with Gasteiger partial charge in [0.1, 0.15) is 5.76 Å². The van der Waals surface area contributed by atoms with Gasteiger partial charge in [-0.2, -0.15) is 0 Å². The van der Waals surface area contributed by atoms with E-state index in [2.05, 4.69) is 10.5 Å². The molecule has 25 heavy (non-hydrogen) atoms. The molecule has 1 N–H and O–H groups in total. The van der Waals surface area contributed by atoms with E-state index in [1.807, 2.05) is 51.1 Å². The number of nitrogens with one attached hydrogen (secondary N) is 1. The fourth-order valence-corrected chi connectivity index (χ4v) is 3.21. The molecule has 0 aliphatic rings. The minimum Gasteiger partial charge on any atom is -0.455 e. The summed E-state index contributed by atoms with van der Waals surface area (Å²) in [5.41, 5.74) is 2.82. The third kappa shape index (κ3) is 5.94.